The van der Waals surface area contributed by atoms with Crippen LogP contribution in [0.1, 0.15) is 19.8 Å². The second-order valence-electron chi connectivity index (χ2n) is 4.31. The molecule has 9 heteroatoms. The van der Waals surface area contributed by atoms with E-state index in [1.54, 1.807) is 0 Å². The van der Waals surface area contributed by atoms with Crippen LogP contribution in [0.3, 0.4) is 0 Å². The number of carbonyl (C=O) groups excluding carboxylic acids is 1. The van der Waals surface area contributed by atoms with Gasteiger partial charge in [0.1, 0.15) is 0 Å². The minimum absolute atomic E-state index is 0.220. The molecule has 0 aromatic rings. The first kappa shape index (κ1) is 16.0. The molecule has 0 spiro atoms. The zero-order valence-corrected chi connectivity index (χ0v) is 11.6. The monoisotopic (exact) mass is 289 g/mol. The van der Waals surface area contributed by atoms with Crippen LogP contribution in [-0.2, 0) is 28.5 Å². The summed E-state index contributed by atoms with van der Waals surface area (Å²) in [5.41, 5.74) is 0. The van der Waals surface area contributed by atoms with Gasteiger partial charge in [0.15, 0.2) is 0 Å². The first-order chi connectivity index (χ1) is 8.87. The van der Waals surface area contributed by atoms with Crippen LogP contribution >= 0.6 is 0 Å². The molecule has 3 atom stereocenters. The molecule has 0 radical (unpaired) electrons. The van der Waals surface area contributed by atoms with E-state index < -0.39 is 28.1 Å². The molecular formula is C10H16BNO6S. The van der Waals surface area contributed by atoms with E-state index in [1.807, 2.05) is 6.92 Å². The predicted octanol–water partition coefficient (Wildman–Crippen LogP) is -0.249. The van der Waals surface area contributed by atoms with E-state index in [1.165, 1.54) is 0 Å². The molecule has 1 aliphatic rings. The quantitative estimate of drug-likeness (QED) is 0.277. The van der Waals surface area contributed by atoms with Crippen LogP contribution in [0.5, 0.6) is 0 Å². The standard InChI is InChI=1S/C10H16BNO6S/c1-3-8(12-6-11-14)9-4-7(10(13)18-9)5-17-19(2,15)16/h6-9H,3-5H2,1-2H3/t7?,8?,9-/m0/s1. The first-order valence-corrected chi connectivity index (χ1v) is 7.70. The fourth-order valence-electron chi connectivity index (χ4n) is 1.86. The second-order valence-corrected chi connectivity index (χ2v) is 5.95. The third-order valence-electron chi connectivity index (χ3n) is 2.79. The molecule has 2 unspecified atom stereocenters. The van der Waals surface area contributed by atoms with Crippen LogP contribution in [0.4, 0.5) is 0 Å². The molecule has 0 bridgehead atoms. The maximum atomic E-state index is 11.6. The van der Waals surface area contributed by atoms with Gasteiger partial charge >= 0.3 is 112 Å². The minimum atomic E-state index is -3.58. The van der Waals surface area contributed by atoms with Crippen molar-refractivity contribution >= 4 is 29.4 Å². The van der Waals surface area contributed by atoms with E-state index in [9.17, 15) is 17.9 Å². The van der Waals surface area contributed by atoms with Crippen LogP contribution in [0.15, 0.2) is 4.99 Å². The fourth-order valence-corrected chi connectivity index (χ4v) is 2.27. The van der Waals surface area contributed by atoms with Crippen LogP contribution in [0.2, 0.25) is 0 Å². The van der Waals surface area contributed by atoms with E-state index in [4.69, 9.17) is 4.74 Å². The number of aliphatic imine (C=N–C) groups is 1. The maximum absolute atomic E-state index is 11.6. The Morgan fingerprint density at radius 2 is 2.32 bits per heavy atom. The van der Waals surface area contributed by atoms with Crippen molar-refractivity contribution in [2.24, 2.45) is 10.9 Å². The summed E-state index contributed by atoms with van der Waals surface area (Å²) in [6, 6.07) is -0.294. The molecule has 106 valence electrons. The number of cyclic esters (lactones) is 1. The summed E-state index contributed by atoms with van der Waals surface area (Å²) in [4.78, 5) is 15.6. The van der Waals surface area contributed by atoms with Gasteiger partial charge in [0.2, 0.25) is 0 Å². The van der Waals surface area contributed by atoms with Gasteiger partial charge in [-0.3, -0.25) is 0 Å². The number of carbonyl (C=O) groups is 1. The average molecular weight is 289 g/mol. The van der Waals surface area contributed by atoms with Gasteiger partial charge < -0.3 is 0 Å². The van der Waals surface area contributed by atoms with Gasteiger partial charge in [-0.25, -0.2) is 0 Å². The molecule has 19 heavy (non-hydrogen) atoms. The van der Waals surface area contributed by atoms with Crippen molar-refractivity contribution in [2.45, 2.75) is 31.9 Å². The Hall–Kier alpha value is -1.09. The predicted molar refractivity (Wildman–Crippen MR) is 67.8 cm³/mol. The van der Waals surface area contributed by atoms with Crippen molar-refractivity contribution in [3.63, 3.8) is 0 Å². The number of esters is 1. The van der Waals surface area contributed by atoms with E-state index in [2.05, 4.69) is 9.18 Å². The van der Waals surface area contributed by atoms with E-state index in [0.29, 0.717) is 20.0 Å². The van der Waals surface area contributed by atoms with Crippen molar-refractivity contribution in [2.75, 3.05) is 12.9 Å². The van der Waals surface area contributed by atoms with Gasteiger partial charge in [0.25, 0.3) is 0 Å². The van der Waals surface area contributed by atoms with Gasteiger partial charge in [-0.2, -0.15) is 0 Å². The summed E-state index contributed by atoms with van der Waals surface area (Å²) < 4.78 is 41.7. The molecule has 0 amide bonds. The summed E-state index contributed by atoms with van der Waals surface area (Å²) in [5, 5.41) is 0. The zero-order valence-electron chi connectivity index (χ0n) is 10.8. The van der Waals surface area contributed by atoms with Crippen molar-refractivity contribution in [1.29, 1.82) is 0 Å². The van der Waals surface area contributed by atoms with Crippen molar-refractivity contribution in [1.82, 2.24) is 0 Å². The van der Waals surface area contributed by atoms with Crippen LogP contribution in [0.25, 0.3) is 0 Å². The second kappa shape index (κ2) is 6.90. The molecule has 1 aliphatic heterocycles. The van der Waals surface area contributed by atoms with Crippen molar-refractivity contribution < 1.29 is 26.8 Å². The Morgan fingerprint density at radius 3 is 2.84 bits per heavy atom. The van der Waals surface area contributed by atoms with Gasteiger partial charge in [0, 0.05) is 0 Å². The Morgan fingerprint density at radius 1 is 1.63 bits per heavy atom. The molecule has 1 saturated heterocycles. The third kappa shape index (κ3) is 5.19. The molecule has 0 N–H and O–H groups in total. The molecule has 1 fully saturated rings. The topological polar surface area (TPSA) is 99.1 Å². The van der Waals surface area contributed by atoms with Crippen LogP contribution in [0, 0.1) is 5.92 Å². The Bertz CT molecular complexity index is 463. The molecule has 1 heterocycles. The van der Waals surface area contributed by atoms with Crippen LogP contribution < -0.4 is 0 Å². The average Bonchev–Trinajstić information content (AvgIpc) is 2.68. The summed E-state index contributed by atoms with van der Waals surface area (Å²) in [5.74, 6) is -1.10. The molecule has 1 rings (SSSR count). The number of rotatable bonds is 7. The van der Waals surface area contributed by atoms with E-state index >= 15 is 0 Å². The molecule has 0 aromatic heterocycles. The van der Waals surface area contributed by atoms with Crippen LogP contribution in [-0.4, -0.2) is 52.7 Å². The Balaban J connectivity index is 2.60. The van der Waals surface area contributed by atoms with Gasteiger partial charge in [-0.05, 0) is 0 Å². The third-order valence-corrected chi connectivity index (χ3v) is 3.35. The number of hydrogen-bond acceptors (Lipinski definition) is 7. The number of ether oxygens (including phenoxy) is 1. The Labute approximate surface area is 112 Å². The molecule has 0 aliphatic carbocycles. The SMILES string of the molecule is CCC(N=CB=O)[C@@H]1CC(COS(C)(=O)=O)C(=O)O1. The summed E-state index contributed by atoms with van der Waals surface area (Å²) in [6.45, 7) is 1.64. The fraction of sp³-hybridized carbons (Fsp3) is 0.800. The zero-order chi connectivity index (χ0) is 14.5. The summed E-state index contributed by atoms with van der Waals surface area (Å²) in [7, 11) is -3.02. The number of hydrogen-bond donors (Lipinski definition) is 0. The molecule has 7 nitrogen and oxygen atoms in total. The van der Waals surface area contributed by atoms with E-state index in [-0.39, 0.29) is 12.6 Å². The van der Waals surface area contributed by atoms with Gasteiger partial charge in [0.05, 0.1) is 0 Å². The van der Waals surface area contributed by atoms with Crippen molar-refractivity contribution in [3.05, 3.63) is 0 Å². The van der Waals surface area contributed by atoms with Crippen molar-refractivity contribution in [3.8, 4) is 0 Å². The van der Waals surface area contributed by atoms with Gasteiger partial charge in [-0.15, -0.1) is 0 Å². The van der Waals surface area contributed by atoms with Gasteiger partial charge in [-0.1, -0.05) is 0 Å². The normalized spacial score (nSPS) is 25.3. The first-order valence-electron chi connectivity index (χ1n) is 5.89. The summed E-state index contributed by atoms with van der Waals surface area (Å²) in [6.07, 6.45) is 2.56. The summed E-state index contributed by atoms with van der Waals surface area (Å²) >= 11 is 0. The molecule has 0 saturated carbocycles. The van der Waals surface area contributed by atoms with E-state index in [0.717, 1.165) is 12.4 Å². The molecule has 0 aromatic carbocycles. The number of nitrogens with zero attached hydrogens (tertiary/aromatic N) is 1. The molecular weight excluding hydrogens is 273 g/mol. The Kier molecular flexibility index (Phi) is 5.80.